The predicted octanol–water partition coefficient (Wildman–Crippen LogP) is 1.71. The van der Waals surface area contributed by atoms with Crippen molar-refractivity contribution in [2.75, 3.05) is 57.5 Å². The fourth-order valence-corrected chi connectivity index (χ4v) is 4.23. The van der Waals surface area contributed by atoms with Crippen LogP contribution < -0.4 is 19.1 Å². The van der Waals surface area contributed by atoms with Crippen LogP contribution in [0, 0.1) is 5.92 Å². The summed E-state index contributed by atoms with van der Waals surface area (Å²) in [6, 6.07) is 4.83. The molecule has 1 fully saturated rings. The van der Waals surface area contributed by atoms with Crippen molar-refractivity contribution < 1.29 is 22.7 Å². The average molecular weight is 428 g/mol. The Morgan fingerprint density at radius 3 is 2.52 bits per heavy atom. The van der Waals surface area contributed by atoms with Crippen molar-refractivity contribution in [1.82, 2.24) is 10.2 Å². The lowest BCUT2D eigenvalue weighted by atomic mass is 9.99. The van der Waals surface area contributed by atoms with Gasteiger partial charge in [0.05, 0.1) is 26.2 Å². The maximum atomic E-state index is 12.4. The Kier molecular flexibility index (Phi) is 8.58. The summed E-state index contributed by atoms with van der Waals surface area (Å²) in [5.74, 6) is 1.27. The minimum absolute atomic E-state index is 0.270. The van der Waals surface area contributed by atoms with E-state index in [1.807, 2.05) is 0 Å². The number of hydrogen-bond acceptors (Lipinski definition) is 6. The smallest absolute Gasteiger partial charge is 0.240 e. The molecule has 164 valence electrons. The molecule has 1 heterocycles. The highest BCUT2D eigenvalue weighted by Crippen LogP contribution is 2.33. The molecule has 9 heteroatoms. The summed E-state index contributed by atoms with van der Waals surface area (Å²) in [5, 5.41) is 2.83. The van der Waals surface area contributed by atoms with Gasteiger partial charge < -0.3 is 19.7 Å². The predicted molar refractivity (Wildman–Crippen MR) is 114 cm³/mol. The zero-order valence-corrected chi connectivity index (χ0v) is 18.6. The van der Waals surface area contributed by atoms with Gasteiger partial charge in [0.25, 0.3) is 0 Å². The molecule has 1 aliphatic rings. The van der Waals surface area contributed by atoms with Crippen molar-refractivity contribution in [1.29, 1.82) is 0 Å². The van der Waals surface area contributed by atoms with E-state index >= 15 is 0 Å². The van der Waals surface area contributed by atoms with Crippen LogP contribution in [0.25, 0.3) is 0 Å². The van der Waals surface area contributed by atoms with Gasteiger partial charge in [-0.1, -0.05) is 6.92 Å². The molecule has 0 atom stereocenters. The number of carbonyl (C=O) groups is 1. The van der Waals surface area contributed by atoms with Gasteiger partial charge in [0.1, 0.15) is 18.0 Å². The van der Waals surface area contributed by atoms with Gasteiger partial charge >= 0.3 is 0 Å². The number of rotatable bonds is 10. The standard InChI is InChI=1S/C20H33N3O5S/c1-16-8-12-22(13-9-16)11-5-10-21-20(24)15-23(29(4,25)26)18-14-17(27-2)6-7-19(18)28-3/h6-7,14,16H,5,8-13,15H2,1-4H3,(H,21,24). The van der Waals surface area contributed by atoms with Gasteiger partial charge in [0.15, 0.2) is 0 Å². The normalized spacial score (nSPS) is 15.7. The van der Waals surface area contributed by atoms with Crippen molar-refractivity contribution in [3.63, 3.8) is 0 Å². The summed E-state index contributed by atoms with van der Waals surface area (Å²) >= 11 is 0. The van der Waals surface area contributed by atoms with Crippen LogP contribution >= 0.6 is 0 Å². The lowest BCUT2D eigenvalue weighted by Crippen LogP contribution is -2.41. The second kappa shape index (κ2) is 10.7. The van der Waals surface area contributed by atoms with Crippen molar-refractivity contribution in [2.24, 2.45) is 5.92 Å². The molecule has 1 aromatic carbocycles. The summed E-state index contributed by atoms with van der Waals surface area (Å²) in [6.07, 6.45) is 4.34. The topological polar surface area (TPSA) is 88.2 Å². The second-order valence-electron chi connectivity index (χ2n) is 7.54. The Balaban J connectivity index is 1.94. The fraction of sp³-hybridized carbons (Fsp3) is 0.650. The van der Waals surface area contributed by atoms with E-state index in [9.17, 15) is 13.2 Å². The highest BCUT2D eigenvalue weighted by molar-refractivity contribution is 7.92. The van der Waals surface area contributed by atoms with Gasteiger partial charge in [-0.15, -0.1) is 0 Å². The van der Waals surface area contributed by atoms with Gasteiger partial charge in [-0.2, -0.15) is 0 Å². The molecule has 2 rings (SSSR count). The van der Waals surface area contributed by atoms with E-state index in [0.717, 1.165) is 42.5 Å². The summed E-state index contributed by atoms with van der Waals surface area (Å²) in [7, 11) is -0.751. The number of likely N-dealkylation sites (tertiary alicyclic amines) is 1. The summed E-state index contributed by atoms with van der Waals surface area (Å²) in [5.41, 5.74) is 0.270. The van der Waals surface area contributed by atoms with Gasteiger partial charge in [-0.05, 0) is 56.9 Å². The van der Waals surface area contributed by atoms with Crippen LogP contribution in [0.1, 0.15) is 26.2 Å². The molecule has 8 nitrogen and oxygen atoms in total. The molecule has 1 aliphatic heterocycles. The van der Waals surface area contributed by atoms with Crippen molar-refractivity contribution in [3.8, 4) is 11.5 Å². The first-order valence-corrected chi connectivity index (χ1v) is 11.8. The number of benzene rings is 1. The lowest BCUT2D eigenvalue weighted by molar-refractivity contribution is -0.119. The minimum Gasteiger partial charge on any atom is -0.497 e. The fourth-order valence-electron chi connectivity index (χ4n) is 3.38. The van der Waals surface area contributed by atoms with Crippen LogP contribution in [0.4, 0.5) is 5.69 Å². The number of nitrogens with zero attached hydrogens (tertiary/aromatic N) is 2. The molecule has 0 bridgehead atoms. The minimum atomic E-state index is -3.69. The highest BCUT2D eigenvalue weighted by atomic mass is 32.2. The highest BCUT2D eigenvalue weighted by Gasteiger charge is 2.24. The van der Waals surface area contributed by atoms with Crippen LogP contribution in [0.5, 0.6) is 11.5 Å². The maximum Gasteiger partial charge on any atom is 0.240 e. The van der Waals surface area contributed by atoms with Crippen molar-refractivity contribution >= 4 is 21.6 Å². The zero-order valence-electron chi connectivity index (χ0n) is 17.8. The average Bonchev–Trinajstić information content (AvgIpc) is 2.69. The molecule has 0 saturated carbocycles. The quantitative estimate of drug-likeness (QED) is 0.572. The first kappa shape index (κ1) is 23.3. The van der Waals surface area contributed by atoms with Crippen molar-refractivity contribution in [2.45, 2.75) is 26.2 Å². The first-order valence-electron chi connectivity index (χ1n) is 9.93. The van der Waals surface area contributed by atoms with Crippen LogP contribution in [0.15, 0.2) is 18.2 Å². The van der Waals surface area contributed by atoms with Gasteiger partial charge in [0, 0.05) is 12.6 Å². The van der Waals surface area contributed by atoms with E-state index in [-0.39, 0.29) is 18.1 Å². The van der Waals surface area contributed by atoms with E-state index in [1.54, 1.807) is 18.2 Å². The number of sulfonamides is 1. The van der Waals surface area contributed by atoms with E-state index in [4.69, 9.17) is 9.47 Å². The number of carbonyl (C=O) groups excluding carboxylic acids is 1. The molecule has 1 amide bonds. The van der Waals surface area contributed by atoms with Crippen molar-refractivity contribution in [3.05, 3.63) is 18.2 Å². The van der Waals surface area contributed by atoms with E-state index in [0.29, 0.717) is 18.0 Å². The third-order valence-corrected chi connectivity index (χ3v) is 6.32. The molecule has 1 N–H and O–H groups in total. The number of nitrogens with one attached hydrogen (secondary N) is 1. The Morgan fingerprint density at radius 2 is 1.93 bits per heavy atom. The molecule has 0 aromatic heterocycles. The number of hydrogen-bond donors (Lipinski definition) is 1. The largest absolute Gasteiger partial charge is 0.497 e. The summed E-state index contributed by atoms with van der Waals surface area (Å²) in [4.78, 5) is 14.8. The van der Waals surface area contributed by atoms with E-state index in [2.05, 4.69) is 17.1 Å². The van der Waals surface area contributed by atoms with Gasteiger partial charge in [-0.25, -0.2) is 8.42 Å². The molecule has 29 heavy (non-hydrogen) atoms. The van der Waals surface area contributed by atoms with E-state index < -0.39 is 10.0 Å². The molecule has 0 radical (unpaired) electrons. The van der Waals surface area contributed by atoms with Gasteiger partial charge in [0.2, 0.25) is 15.9 Å². The molecule has 1 saturated heterocycles. The molecular formula is C20H33N3O5S. The number of piperidine rings is 1. The molecule has 0 aliphatic carbocycles. The lowest BCUT2D eigenvalue weighted by Gasteiger charge is -2.30. The monoisotopic (exact) mass is 427 g/mol. The van der Waals surface area contributed by atoms with E-state index in [1.165, 1.54) is 27.1 Å². The third kappa shape index (κ3) is 7.08. The Bertz CT molecular complexity index is 776. The Labute approximate surface area is 174 Å². The number of anilines is 1. The SMILES string of the molecule is COc1ccc(OC)c(N(CC(=O)NCCCN2CCC(C)CC2)S(C)(=O)=O)c1. The van der Waals surface area contributed by atoms with Gasteiger partial charge in [-0.3, -0.25) is 9.10 Å². The Hall–Kier alpha value is -2.00. The summed E-state index contributed by atoms with van der Waals surface area (Å²) in [6.45, 7) is 5.62. The zero-order chi connectivity index (χ0) is 21.4. The molecular weight excluding hydrogens is 394 g/mol. The molecule has 0 spiro atoms. The third-order valence-electron chi connectivity index (χ3n) is 5.19. The first-order chi connectivity index (χ1) is 13.7. The maximum absolute atomic E-state index is 12.4. The van der Waals surface area contributed by atoms with Crippen LogP contribution in [0.3, 0.4) is 0 Å². The number of methoxy groups -OCH3 is 2. The number of amides is 1. The molecule has 0 unspecified atom stereocenters. The summed E-state index contributed by atoms with van der Waals surface area (Å²) < 4.78 is 36.2. The van der Waals surface area contributed by atoms with Crippen LogP contribution in [0.2, 0.25) is 0 Å². The number of ether oxygens (including phenoxy) is 2. The van der Waals surface area contributed by atoms with Crippen LogP contribution in [-0.2, 0) is 14.8 Å². The van der Waals surface area contributed by atoms with Crippen LogP contribution in [-0.4, -0.2) is 72.4 Å². The second-order valence-corrected chi connectivity index (χ2v) is 9.44. The molecule has 1 aromatic rings. The Morgan fingerprint density at radius 1 is 1.24 bits per heavy atom.